The highest BCUT2D eigenvalue weighted by Gasteiger charge is 2.17. The van der Waals surface area contributed by atoms with Crippen molar-refractivity contribution in [1.82, 2.24) is 4.98 Å². The molecule has 2 heterocycles. The first-order chi connectivity index (χ1) is 8.70. The molecule has 1 aromatic rings. The molecule has 96 valence electrons. The van der Waals surface area contributed by atoms with Gasteiger partial charge in [0.05, 0.1) is 5.69 Å². The summed E-state index contributed by atoms with van der Waals surface area (Å²) in [5, 5.41) is 8.92. The number of rotatable bonds is 3. The van der Waals surface area contributed by atoms with Gasteiger partial charge in [-0.15, -0.1) is 0 Å². The average Bonchev–Trinajstić information content (AvgIpc) is 2.40. The zero-order valence-corrected chi connectivity index (χ0v) is 10.6. The summed E-state index contributed by atoms with van der Waals surface area (Å²) in [4.78, 5) is 6.34. The van der Waals surface area contributed by atoms with Crippen LogP contribution in [0.4, 0.5) is 11.5 Å². The summed E-state index contributed by atoms with van der Waals surface area (Å²) in [7, 11) is 2.00. The van der Waals surface area contributed by atoms with Gasteiger partial charge in [-0.25, -0.2) is 4.98 Å². The SMILES string of the molecule is CN(CC1CCOCC1)c1ccc(N)c(C#N)n1. The number of nitrogen functional groups attached to an aromatic ring is 1. The number of nitrogens with zero attached hydrogens (tertiary/aromatic N) is 3. The van der Waals surface area contributed by atoms with E-state index in [9.17, 15) is 0 Å². The van der Waals surface area contributed by atoms with Gasteiger partial charge in [-0.1, -0.05) is 0 Å². The van der Waals surface area contributed by atoms with Gasteiger partial charge < -0.3 is 15.4 Å². The number of aromatic nitrogens is 1. The maximum atomic E-state index is 8.92. The molecule has 0 bridgehead atoms. The van der Waals surface area contributed by atoms with E-state index < -0.39 is 0 Å². The molecule has 0 spiro atoms. The van der Waals surface area contributed by atoms with Crippen LogP contribution in [-0.2, 0) is 4.74 Å². The number of anilines is 2. The van der Waals surface area contributed by atoms with E-state index in [0.717, 1.165) is 38.4 Å². The molecular weight excluding hydrogens is 228 g/mol. The fourth-order valence-electron chi connectivity index (χ4n) is 2.17. The van der Waals surface area contributed by atoms with E-state index in [-0.39, 0.29) is 0 Å². The quantitative estimate of drug-likeness (QED) is 0.872. The number of nitrogens with two attached hydrogens (primary N) is 1. The Bertz CT molecular complexity index is 449. The van der Waals surface area contributed by atoms with E-state index in [4.69, 9.17) is 15.7 Å². The van der Waals surface area contributed by atoms with Crippen LogP contribution in [-0.4, -0.2) is 31.8 Å². The second kappa shape index (κ2) is 5.69. The molecule has 5 nitrogen and oxygen atoms in total. The van der Waals surface area contributed by atoms with Crippen molar-refractivity contribution in [3.63, 3.8) is 0 Å². The number of pyridine rings is 1. The number of hydrogen-bond donors (Lipinski definition) is 1. The highest BCUT2D eigenvalue weighted by atomic mass is 16.5. The second-order valence-corrected chi connectivity index (χ2v) is 4.66. The minimum atomic E-state index is 0.298. The van der Waals surface area contributed by atoms with Gasteiger partial charge in [-0.05, 0) is 30.9 Å². The highest BCUT2D eigenvalue weighted by Crippen LogP contribution is 2.20. The minimum absolute atomic E-state index is 0.298. The van der Waals surface area contributed by atoms with Crippen LogP contribution in [0.15, 0.2) is 12.1 Å². The van der Waals surface area contributed by atoms with Crippen molar-refractivity contribution in [3.8, 4) is 6.07 Å². The topological polar surface area (TPSA) is 75.2 Å². The third-order valence-electron chi connectivity index (χ3n) is 3.28. The Morgan fingerprint density at radius 1 is 1.50 bits per heavy atom. The lowest BCUT2D eigenvalue weighted by Gasteiger charge is -2.27. The molecule has 2 rings (SSSR count). The van der Waals surface area contributed by atoms with E-state index in [2.05, 4.69) is 9.88 Å². The molecule has 2 N–H and O–H groups in total. The van der Waals surface area contributed by atoms with E-state index in [0.29, 0.717) is 17.3 Å². The summed E-state index contributed by atoms with van der Waals surface area (Å²) in [6, 6.07) is 5.61. The predicted molar refractivity (Wildman–Crippen MR) is 70.2 cm³/mol. The fourth-order valence-corrected chi connectivity index (χ4v) is 2.17. The lowest BCUT2D eigenvalue weighted by atomic mass is 10.00. The van der Waals surface area contributed by atoms with Crippen molar-refractivity contribution in [2.45, 2.75) is 12.8 Å². The normalized spacial score (nSPS) is 16.2. The standard InChI is InChI=1S/C13H18N4O/c1-17(9-10-4-6-18-7-5-10)13-3-2-11(15)12(8-14)16-13/h2-3,10H,4-7,9,15H2,1H3. The maximum Gasteiger partial charge on any atom is 0.165 e. The van der Waals surface area contributed by atoms with Crippen LogP contribution in [0, 0.1) is 17.2 Å². The average molecular weight is 246 g/mol. The maximum absolute atomic E-state index is 8.92. The van der Waals surface area contributed by atoms with Crippen LogP contribution >= 0.6 is 0 Å². The Balaban J connectivity index is 2.04. The number of nitriles is 1. The third-order valence-corrected chi connectivity index (χ3v) is 3.28. The van der Waals surface area contributed by atoms with E-state index in [1.54, 1.807) is 6.07 Å². The summed E-state index contributed by atoms with van der Waals surface area (Å²) in [6.45, 7) is 2.62. The van der Waals surface area contributed by atoms with Gasteiger partial charge in [-0.2, -0.15) is 5.26 Å². The minimum Gasteiger partial charge on any atom is -0.396 e. The Labute approximate surface area is 107 Å². The van der Waals surface area contributed by atoms with Gasteiger partial charge in [0.1, 0.15) is 11.9 Å². The molecule has 0 aromatic carbocycles. The summed E-state index contributed by atoms with van der Waals surface area (Å²) in [6.07, 6.45) is 2.18. The van der Waals surface area contributed by atoms with Crippen LogP contribution in [0.25, 0.3) is 0 Å². The molecule has 0 radical (unpaired) electrons. The predicted octanol–water partition coefficient (Wildman–Crippen LogP) is 1.40. The summed E-state index contributed by atoms with van der Waals surface area (Å²) < 4.78 is 5.35. The first kappa shape index (κ1) is 12.7. The molecule has 1 aliphatic rings. The van der Waals surface area contributed by atoms with Gasteiger partial charge in [-0.3, -0.25) is 0 Å². The summed E-state index contributed by atoms with van der Waals surface area (Å²) >= 11 is 0. The molecule has 0 saturated carbocycles. The Hall–Kier alpha value is -1.80. The molecule has 0 unspecified atom stereocenters. The molecule has 1 saturated heterocycles. The number of ether oxygens (including phenoxy) is 1. The van der Waals surface area contributed by atoms with Gasteiger partial charge in [0.15, 0.2) is 5.69 Å². The molecule has 1 aromatic heterocycles. The van der Waals surface area contributed by atoms with Crippen molar-refractivity contribution in [1.29, 1.82) is 5.26 Å². The van der Waals surface area contributed by atoms with Crippen LogP contribution < -0.4 is 10.6 Å². The molecule has 18 heavy (non-hydrogen) atoms. The highest BCUT2D eigenvalue weighted by molar-refractivity contribution is 5.55. The first-order valence-electron chi connectivity index (χ1n) is 6.16. The van der Waals surface area contributed by atoms with Crippen molar-refractivity contribution >= 4 is 11.5 Å². The third kappa shape index (κ3) is 2.90. The zero-order valence-electron chi connectivity index (χ0n) is 10.6. The summed E-state index contributed by atoms with van der Waals surface area (Å²) in [5.74, 6) is 1.43. The Morgan fingerprint density at radius 3 is 2.89 bits per heavy atom. The zero-order chi connectivity index (χ0) is 13.0. The summed E-state index contributed by atoms with van der Waals surface area (Å²) in [5.41, 5.74) is 6.39. The lowest BCUT2D eigenvalue weighted by Crippen LogP contribution is -2.30. The van der Waals surface area contributed by atoms with Crippen LogP contribution in [0.2, 0.25) is 0 Å². The molecule has 0 aliphatic carbocycles. The molecule has 1 fully saturated rings. The molecule has 5 heteroatoms. The molecule has 0 atom stereocenters. The first-order valence-corrected chi connectivity index (χ1v) is 6.16. The smallest absolute Gasteiger partial charge is 0.165 e. The van der Waals surface area contributed by atoms with Gasteiger partial charge in [0, 0.05) is 26.8 Å². The van der Waals surface area contributed by atoms with Crippen LogP contribution in [0.3, 0.4) is 0 Å². The van der Waals surface area contributed by atoms with Crippen molar-refractivity contribution < 1.29 is 4.74 Å². The Kier molecular flexibility index (Phi) is 4.00. The van der Waals surface area contributed by atoms with Crippen molar-refractivity contribution in [2.24, 2.45) is 5.92 Å². The van der Waals surface area contributed by atoms with Crippen LogP contribution in [0.1, 0.15) is 18.5 Å². The molecule has 1 aliphatic heterocycles. The number of hydrogen-bond acceptors (Lipinski definition) is 5. The molecule has 0 amide bonds. The van der Waals surface area contributed by atoms with E-state index in [1.165, 1.54) is 0 Å². The molecular formula is C13H18N4O. The fraction of sp³-hybridized carbons (Fsp3) is 0.538. The monoisotopic (exact) mass is 246 g/mol. The van der Waals surface area contributed by atoms with Gasteiger partial charge in [0.25, 0.3) is 0 Å². The van der Waals surface area contributed by atoms with Crippen molar-refractivity contribution in [3.05, 3.63) is 17.8 Å². The van der Waals surface area contributed by atoms with Gasteiger partial charge in [0.2, 0.25) is 0 Å². The van der Waals surface area contributed by atoms with Gasteiger partial charge >= 0.3 is 0 Å². The van der Waals surface area contributed by atoms with E-state index in [1.807, 2.05) is 19.2 Å². The largest absolute Gasteiger partial charge is 0.396 e. The second-order valence-electron chi connectivity index (χ2n) is 4.66. The Morgan fingerprint density at radius 2 is 2.22 bits per heavy atom. The van der Waals surface area contributed by atoms with Crippen molar-refractivity contribution in [2.75, 3.05) is 37.4 Å². The lowest BCUT2D eigenvalue weighted by molar-refractivity contribution is 0.0685. The van der Waals surface area contributed by atoms with E-state index >= 15 is 0 Å². The van der Waals surface area contributed by atoms with Crippen LogP contribution in [0.5, 0.6) is 0 Å².